The normalized spacial score (nSPS) is 52.6. The second-order valence-corrected chi connectivity index (χ2v) is 11.0. The van der Waals surface area contributed by atoms with Crippen molar-refractivity contribution in [3.8, 4) is 0 Å². The third-order valence-corrected chi connectivity index (χ3v) is 9.71. The summed E-state index contributed by atoms with van der Waals surface area (Å²) in [6.45, 7) is 10.3. The molecule has 4 fully saturated rings. The summed E-state index contributed by atoms with van der Waals surface area (Å²) < 4.78 is 0. The van der Waals surface area contributed by atoms with Crippen LogP contribution in [0.1, 0.15) is 91.9 Å². The summed E-state index contributed by atoms with van der Waals surface area (Å²) in [7, 11) is 0. The molecule has 25 heavy (non-hydrogen) atoms. The van der Waals surface area contributed by atoms with Gasteiger partial charge in [-0.25, -0.2) is 0 Å². The van der Waals surface area contributed by atoms with E-state index in [1.807, 2.05) is 0 Å². The smallest absolute Gasteiger partial charge is 0.0827 e. The van der Waals surface area contributed by atoms with Crippen LogP contribution in [0.2, 0.25) is 0 Å². The number of rotatable bonds is 3. The van der Waals surface area contributed by atoms with Gasteiger partial charge in [-0.2, -0.15) is 0 Å². The van der Waals surface area contributed by atoms with E-state index >= 15 is 0 Å². The first-order chi connectivity index (χ1) is 11.8. The third-order valence-electron chi connectivity index (χ3n) is 9.71. The maximum Gasteiger partial charge on any atom is 0.0827 e. The van der Waals surface area contributed by atoms with Crippen molar-refractivity contribution in [3.63, 3.8) is 0 Å². The minimum atomic E-state index is -0.489. The Balaban J connectivity index is 1.57. The van der Waals surface area contributed by atoms with Gasteiger partial charge in [0.05, 0.1) is 5.60 Å². The molecule has 4 rings (SSSR count). The van der Waals surface area contributed by atoms with E-state index in [0.29, 0.717) is 11.5 Å². The van der Waals surface area contributed by atoms with Crippen molar-refractivity contribution in [2.75, 3.05) is 6.54 Å². The predicted molar refractivity (Wildman–Crippen MR) is 104 cm³/mol. The van der Waals surface area contributed by atoms with E-state index in [0.717, 1.165) is 36.6 Å². The maximum atomic E-state index is 11.6. The average Bonchev–Trinajstić information content (AvgIpc) is 2.84. The maximum absolute atomic E-state index is 11.6. The van der Waals surface area contributed by atoms with Crippen molar-refractivity contribution in [3.05, 3.63) is 0 Å². The summed E-state index contributed by atoms with van der Waals surface area (Å²) in [5.74, 6) is 3.57. The van der Waals surface area contributed by atoms with Crippen molar-refractivity contribution < 1.29 is 5.11 Å². The molecule has 144 valence electrons. The lowest BCUT2D eigenvalue weighted by atomic mass is 9.44. The Kier molecular flexibility index (Phi) is 4.56. The van der Waals surface area contributed by atoms with Crippen LogP contribution in [-0.2, 0) is 0 Å². The van der Waals surface area contributed by atoms with Crippen molar-refractivity contribution in [2.45, 2.75) is 104 Å². The minimum absolute atomic E-state index is 0.133. The summed E-state index contributed by atoms with van der Waals surface area (Å²) in [5, 5.41) is 15.2. The van der Waals surface area contributed by atoms with Crippen LogP contribution in [0.4, 0.5) is 0 Å². The van der Waals surface area contributed by atoms with E-state index in [1.165, 1.54) is 57.8 Å². The van der Waals surface area contributed by atoms with Gasteiger partial charge in [-0.05, 0) is 80.5 Å². The molecule has 0 aromatic rings. The number of nitrogens with one attached hydrogen (secondary N) is 1. The Bertz CT molecular complexity index is 504. The van der Waals surface area contributed by atoms with Gasteiger partial charge in [-0.1, -0.05) is 40.5 Å². The Morgan fingerprint density at radius 3 is 2.44 bits per heavy atom. The van der Waals surface area contributed by atoms with Crippen LogP contribution in [0.15, 0.2) is 0 Å². The quantitative estimate of drug-likeness (QED) is 0.740. The Morgan fingerprint density at radius 2 is 1.68 bits per heavy atom. The minimum Gasteiger partial charge on any atom is -0.388 e. The molecule has 2 N–H and O–H groups in total. The highest BCUT2D eigenvalue weighted by Gasteiger charge is 2.64. The zero-order valence-electron chi connectivity index (χ0n) is 17.1. The van der Waals surface area contributed by atoms with E-state index < -0.39 is 5.60 Å². The summed E-state index contributed by atoms with van der Waals surface area (Å²) in [6, 6.07) is 0.458. The highest BCUT2D eigenvalue weighted by Crippen LogP contribution is 2.68. The van der Waals surface area contributed by atoms with Crippen molar-refractivity contribution in [1.29, 1.82) is 0 Å². The predicted octanol–water partition coefficient (Wildman–Crippen LogP) is 5.15. The zero-order chi connectivity index (χ0) is 17.9. The van der Waals surface area contributed by atoms with Crippen LogP contribution >= 0.6 is 0 Å². The van der Waals surface area contributed by atoms with Gasteiger partial charge in [-0.3, -0.25) is 0 Å². The summed E-state index contributed by atoms with van der Waals surface area (Å²) in [6.07, 6.45) is 13.7. The summed E-state index contributed by atoms with van der Waals surface area (Å²) in [5.41, 5.74) is 0.254. The van der Waals surface area contributed by atoms with Gasteiger partial charge < -0.3 is 10.4 Å². The second kappa shape index (κ2) is 6.23. The molecule has 0 amide bonds. The fraction of sp³-hybridized carbons (Fsp3) is 1.00. The molecule has 0 aliphatic heterocycles. The molecule has 0 unspecified atom stereocenters. The van der Waals surface area contributed by atoms with Gasteiger partial charge in [0.2, 0.25) is 0 Å². The lowest BCUT2D eigenvalue weighted by molar-refractivity contribution is -0.150. The van der Waals surface area contributed by atoms with Crippen LogP contribution in [-0.4, -0.2) is 23.3 Å². The Morgan fingerprint density at radius 1 is 0.920 bits per heavy atom. The lowest BCUT2D eigenvalue weighted by Gasteiger charge is -2.61. The summed E-state index contributed by atoms with van der Waals surface area (Å²) in [4.78, 5) is 0. The molecule has 4 aliphatic rings. The SMILES string of the molecule is CC(C)NC[C@]1(O)CC[C@@H]2[C@@H]3CC[C@@H]4CCCC[C@]4(C)[C@H]3CC[C@@]21C. The van der Waals surface area contributed by atoms with E-state index in [4.69, 9.17) is 0 Å². The number of fused-ring (bicyclic) bond motifs is 5. The van der Waals surface area contributed by atoms with Gasteiger partial charge in [0, 0.05) is 18.0 Å². The van der Waals surface area contributed by atoms with Crippen molar-refractivity contribution in [1.82, 2.24) is 5.32 Å². The van der Waals surface area contributed by atoms with Crippen LogP contribution in [0, 0.1) is 34.5 Å². The molecule has 2 heteroatoms. The van der Waals surface area contributed by atoms with Crippen LogP contribution in [0.5, 0.6) is 0 Å². The van der Waals surface area contributed by atoms with Gasteiger partial charge in [-0.15, -0.1) is 0 Å². The van der Waals surface area contributed by atoms with Crippen molar-refractivity contribution in [2.24, 2.45) is 34.5 Å². The molecular formula is C23H41NO. The van der Waals surface area contributed by atoms with Crippen LogP contribution < -0.4 is 5.32 Å². The molecule has 2 nitrogen and oxygen atoms in total. The monoisotopic (exact) mass is 347 g/mol. The first kappa shape index (κ1) is 18.3. The Labute approximate surface area is 155 Å². The first-order valence-corrected chi connectivity index (χ1v) is 11.3. The topological polar surface area (TPSA) is 32.3 Å². The van der Waals surface area contributed by atoms with Gasteiger partial charge in [0.25, 0.3) is 0 Å². The fourth-order valence-corrected chi connectivity index (χ4v) is 8.07. The Hall–Kier alpha value is -0.0800. The third kappa shape index (κ3) is 2.64. The van der Waals surface area contributed by atoms with Crippen LogP contribution in [0.25, 0.3) is 0 Å². The van der Waals surface area contributed by atoms with Crippen molar-refractivity contribution >= 4 is 0 Å². The van der Waals surface area contributed by atoms with Gasteiger partial charge in [0.1, 0.15) is 0 Å². The van der Waals surface area contributed by atoms with Gasteiger partial charge >= 0.3 is 0 Å². The lowest BCUT2D eigenvalue weighted by Crippen LogP contribution is -2.58. The molecule has 0 aromatic heterocycles. The first-order valence-electron chi connectivity index (χ1n) is 11.3. The second-order valence-electron chi connectivity index (χ2n) is 11.0. The molecule has 0 bridgehead atoms. The zero-order valence-corrected chi connectivity index (χ0v) is 17.1. The van der Waals surface area contributed by atoms with Crippen LogP contribution in [0.3, 0.4) is 0 Å². The number of aliphatic hydroxyl groups is 1. The van der Waals surface area contributed by atoms with E-state index in [9.17, 15) is 5.11 Å². The van der Waals surface area contributed by atoms with E-state index in [-0.39, 0.29) is 5.41 Å². The molecule has 0 saturated heterocycles. The molecule has 7 atom stereocenters. The van der Waals surface area contributed by atoms with E-state index in [1.54, 1.807) is 0 Å². The molecule has 0 radical (unpaired) electrons. The molecule has 4 saturated carbocycles. The molecular weight excluding hydrogens is 306 g/mol. The molecule has 0 aromatic carbocycles. The standard InChI is InChI=1S/C23H41NO/c1-16(2)24-15-23(25)14-11-20-18-9-8-17-7-5-6-12-21(17,3)19(18)10-13-22(20,23)4/h16-20,24-25H,5-15H2,1-4H3/t17-,18+,19-,20+,21-,22-,23+/m0/s1. The highest BCUT2D eigenvalue weighted by molar-refractivity contribution is 5.14. The van der Waals surface area contributed by atoms with E-state index in [2.05, 4.69) is 33.0 Å². The summed E-state index contributed by atoms with van der Waals surface area (Å²) >= 11 is 0. The molecule has 0 spiro atoms. The number of hydrogen-bond donors (Lipinski definition) is 2. The fourth-order valence-electron chi connectivity index (χ4n) is 8.07. The van der Waals surface area contributed by atoms with Gasteiger partial charge in [0.15, 0.2) is 0 Å². The highest BCUT2D eigenvalue weighted by atomic mass is 16.3. The number of hydrogen-bond acceptors (Lipinski definition) is 2. The molecule has 4 aliphatic carbocycles. The largest absolute Gasteiger partial charge is 0.388 e. The molecule has 0 heterocycles. The average molecular weight is 348 g/mol.